The Morgan fingerprint density at radius 3 is 1.62 bits per heavy atom. The van der Waals surface area contributed by atoms with Crippen LogP contribution in [0.25, 0.3) is 0 Å². The first-order valence-electron chi connectivity index (χ1n) is 21.2. The largest absolute Gasteiger partial charge is 0.477 e. The molecule has 0 bridgehead atoms. The third-order valence-electron chi connectivity index (χ3n) is 12.1. The van der Waals surface area contributed by atoms with Gasteiger partial charge in [0.2, 0.25) is 11.8 Å². The summed E-state index contributed by atoms with van der Waals surface area (Å²) in [6.45, 7) is -3.51. The fourth-order valence-corrected chi connectivity index (χ4v) is 8.53. The van der Waals surface area contributed by atoms with Crippen LogP contribution in [-0.4, -0.2) is 297 Å². The van der Waals surface area contributed by atoms with Crippen LogP contribution in [0.2, 0.25) is 0 Å². The fraction of sp³-hybridized carbons (Fsp3) is 0.919. The summed E-state index contributed by atoms with van der Waals surface area (Å²) in [7, 11) is 0. The Morgan fingerprint density at radius 2 is 1.07 bits per heavy atom. The van der Waals surface area contributed by atoms with E-state index in [9.17, 15) is 101 Å². The van der Waals surface area contributed by atoms with Crippen molar-refractivity contribution in [2.24, 2.45) is 0 Å². The predicted octanol–water partition coefficient (Wildman–Crippen LogP) is -12.4. The van der Waals surface area contributed by atoms with E-state index in [4.69, 9.17) is 42.6 Å². The third-order valence-corrected chi connectivity index (χ3v) is 12.1. The zero-order valence-corrected chi connectivity index (χ0v) is 36.2. The number of carbonyl (C=O) groups is 3. The summed E-state index contributed by atoms with van der Waals surface area (Å²) < 4.78 is 51.6. The van der Waals surface area contributed by atoms with Gasteiger partial charge in [-0.1, -0.05) is 0 Å². The van der Waals surface area contributed by atoms with Gasteiger partial charge in [0.15, 0.2) is 25.2 Å². The van der Waals surface area contributed by atoms with Crippen LogP contribution in [0.3, 0.4) is 0 Å². The molecule has 0 aliphatic carbocycles. The molecule has 31 nitrogen and oxygen atoms in total. The minimum absolute atomic E-state index is 0.841. The topological polar surface area (TPSA) is 502 Å². The molecule has 5 aliphatic rings. The monoisotopic (exact) mass is 998 g/mol. The van der Waals surface area contributed by atoms with Crippen molar-refractivity contribution >= 4 is 17.8 Å². The number of hydrogen-bond acceptors (Lipinski definition) is 28. The summed E-state index contributed by atoms with van der Waals surface area (Å²) in [5.41, 5.74) is 0. The smallest absolute Gasteiger partial charge is 0.364 e. The maximum absolute atomic E-state index is 13.3. The van der Waals surface area contributed by atoms with Crippen molar-refractivity contribution in [3.8, 4) is 0 Å². The van der Waals surface area contributed by atoms with Crippen molar-refractivity contribution in [2.45, 2.75) is 179 Å². The number of rotatable bonds is 18. The van der Waals surface area contributed by atoms with Gasteiger partial charge in [-0.3, -0.25) is 9.59 Å². The van der Waals surface area contributed by atoms with Gasteiger partial charge in [-0.15, -0.1) is 0 Å². The average molecular weight is 999 g/mol. The minimum Gasteiger partial charge on any atom is -0.477 e. The van der Waals surface area contributed by atoms with Gasteiger partial charge in [-0.2, -0.15) is 0 Å². The Hall–Kier alpha value is -2.59. The van der Waals surface area contributed by atoms with Crippen molar-refractivity contribution in [1.29, 1.82) is 0 Å². The Morgan fingerprint density at radius 1 is 0.574 bits per heavy atom. The molecule has 0 saturated carbocycles. The van der Waals surface area contributed by atoms with Gasteiger partial charge in [-0.25, -0.2) is 4.79 Å². The van der Waals surface area contributed by atoms with Crippen LogP contribution in [0.5, 0.6) is 0 Å². The first-order chi connectivity index (χ1) is 32.0. The van der Waals surface area contributed by atoms with Crippen molar-refractivity contribution in [3.05, 3.63) is 0 Å². The average Bonchev–Trinajstić information content (AvgIpc) is 3.29. The van der Waals surface area contributed by atoms with Crippen molar-refractivity contribution in [2.75, 3.05) is 33.0 Å². The maximum atomic E-state index is 13.3. The molecule has 5 heterocycles. The highest BCUT2D eigenvalue weighted by molar-refractivity contribution is 5.77. The van der Waals surface area contributed by atoms with Crippen LogP contribution in [0.1, 0.15) is 20.3 Å². The minimum atomic E-state index is -3.25. The number of aliphatic hydroxyl groups excluding tert-OH is 16. The molecule has 0 spiro atoms. The van der Waals surface area contributed by atoms with E-state index in [1.54, 1.807) is 0 Å². The Labute approximate surface area is 384 Å². The molecule has 5 fully saturated rings. The molecule has 5 rings (SSSR count). The first-order valence-corrected chi connectivity index (χ1v) is 21.2. The SMILES string of the molecule is CC(=O)N[C@H]1[C@H]([C@H](O)[C@H](O)CO)OC(O[C@H]2[C@H](OC3O[C@H](CO)[C@H](O)[C@H](O)[C@H]3O)[C@@H](NC(C)=O)C(O[C@H]3[C@@H](O)[C@@H](CO)OC(O[C@H]4[C@H](O)[C@@H](O)C(O)O[C@@H]4CO)[C@@H]3O)O[C@@H]2CO)(C(=O)O)C[C@@H]1O. The summed E-state index contributed by atoms with van der Waals surface area (Å²) in [5, 5.41) is 185. The lowest BCUT2D eigenvalue weighted by Crippen LogP contribution is -2.73. The molecule has 0 aromatic carbocycles. The lowest BCUT2D eigenvalue weighted by atomic mass is 9.88. The highest BCUT2D eigenvalue weighted by atomic mass is 16.8. The molecule has 2 amide bonds. The van der Waals surface area contributed by atoms with E-state index in [0.717, 1.165) is 13.8 Å². The molecule has 26 atom stereocenters. The molecule has 19 N–H and O–H groups in total. The van der Waals surface area contributed by atoms with Gasteiger partial charge in [0.25, 0.3) is 5.79 Å². The number of aliphatic hydroxyl groups is 16. The van der Waals surface area contributed by atoms with Crippen LogP contribution in [0.4, 0.5) is 0 Å². The molecule has 5 saturated heterocycles. The third kappa shape index (κ3) is 11.8. The zero-order valence-electron chi connectivity index (χ0n) is 36.2. The van der Waals surface area contributed by atoms with Crippen LogP contribution in [-0.2, 0) is 57.0 Å². The van der Waals surface area contributed by atoms with Crippen molar-refractivity contribution in [1.82, 2.24) is 10.6 Å². The van der Waals surface area contributed by atoms with Crippen molar-refractivity contribution in [3.63, 3.8) is 0 Å². The van der Waals surface area contributed by atoms with Gasteiger partial charge in [0.05, 0.1) is 45.2 Å². The molecule has 5 aliphatic heterocycles. The number of nitrogens with one attached hydrogen (secondary N) is 2. The normalized spacial score (nSPS) is 46.6. The Balaban J connectivity index is 1.59. The predicted molar refractivity (Wildman–Crippen MR) is 207 cm³/mol. The molecule has 0 aromatic heterocycles. The molecule has 0 aromatic rings. The van der Waals surface area contributed by atoms with E-state index in [2.05, 4.69) is 10.6 Å². The highest BCUT2D eigenvalue weighted by Crippen LogP contribution is 2.40. The Bertz CT molecular complexity index is 1650. The zero-order chi connectivity index (χ0) is 50.7. The summed E-state index contributed by atoms with van der Waals surface area (Å²) in [4.78, 5) is 38.5. The van der Waals surface area contributed by atoms with Crippen molar-refractivity contribution < 1.29 is 144 Å². The van der Waals surface area contributed by atoms with E-state index in [1.165, 1.54) is 0 Å². The number of ether oxygens (including phenoxy) is 9. The summed E-state index contributed by atoms with van der Waals surface area (Å²) >= 11 is 0. The lowest BCUT2D eigenvalue weighted by molar-refractivity contribution is -0.396. The second-order valence-electron chi connectivity index (χ2n) is 16.8. The van der Waals surface area contributed by atoms with E-state index in [1.807, 2.05) is 0 Å². The van der Waals surface area contributed by atoms with E-state index >= 15 is 0 Å². The van der Waals surface area contributed by atoms with E-state index in [-0.39, 0.29) is 0 Å². The number of hydrogen-bond donors (Lipinski definition) is 19. The number of aliphatic carboxylic acids is 1. The molecule has 394 valence electrons. The van der Waals surface area contributed by atoms with Gasteiger partial charge < -0.3 is 140 Å². The summed E-state index contributed by atoms with van der Waals surface area (Å²) in [5.74, 6) is -7.18. The second kappa shape index (κ2) is 23.8. The number of amides is 2. The molecule has 31 heteroatoms. The van der Waals surface area contributed by atoms with Crippen LogP contribution in [0.15, 0.2) is 0 Å². The quantitative estimate of drug-likeness (QED) is 0.0606. The standard InChI is InChI=1S/C37H62N2O29/c1-9(45)38-17-11(47)3-37(36(58)59,68-29(17)19(49)12(48)4-40)67-28-16(8-44)63-33(18(39-10(2)46)30(28)65-34-25(55)22(52)20(50)13(5-41)61-34)66-31-21(51)14(6-42)62-35(26(31)56)64-27-15(7-43)60-32(57)24(54)23(27)53/h11-35,40-44,47-57H,3-8H2,1-2H3,(H,38,45)(H,39,46)(H,58,59)/t11-,12+,13+,14+,15+,16+,17+,18+,19+,20-,21-,22-,23+,24+,25+,26+,27+,28+,29+,30+,31-,32?,33?,34?,35?,37?/m0/s1. The van der Waals surface area contributed by atoms with Gasteiger partial charge in [0, 0.05) is 20.3 Å². The Kier molecular flexibility index (Phi) is 19.7. The number of carboxylic acids is 1. The molecule has 0 radical (unpaired) electrons. The lowest BCUT2D eigenvalue weighted by Gasteiger charge is -2.53. The first kappa shape index (κ1) is 56.3. The van der Waals surface area contributed by atoms with Gasteiger partial charge in [0.1, 0.15) is 116 Å². The maximum Gasteiger partial charge on any atom is 0.364 e. The fourth-order valence-electron chi connectivity index (χ4n) is 8.53. The summed E-state index contributed by atoms with van der Waals surface area (Å²) in [6, 6.07) is -3.72. The van der Waals surface area contributed by atoms with E-state index in [0.29, 0.717) is 0 Å². The highest BCUT2D eigenvalue weighted by Gasteiger charge is 2.62. The van der Waals surface area contributed by atoms with Crippen LogP contribution < -0.4 is 10.6 Å². The number of carboxylic acid groups (broad SMARTS) is 1. The van der Waals surface area contributed by atoms with Gasteiger partial charge >= 0.3 is 5.97 Å². The number of carbonyl (C=O) groups excluding carboxylic acids is 2. The molecular formula is C37H62N2O29. The van der Waals surface area contributed by atoms with Crippen LogP contribution in [0, 0.1) is 0 Å². The molecule has 68 heavy (non-hydrogen) atoms. The second-order valence-corrected chi connectivity index (χ2v) is 16.8. The van der Waals surface area contributed by atoms with E-state index < -0.39 is 216 Å². The van der Waals surface area contributed by atoms with Crippen LogP contribution >= 0.6 is 0 Å². The molecule has 5 unspecified atom stereocenters. The summed E-state index contributed by atoms with van der Waals surface area (Å²) in [6.07, 6.45) is -48.2. The molecular weight excluding hydrogens is 936 g/mol. The van der Waals surface area contributed by atoms with Gasteiger partial charge in [-0.05, 0) is 0 Å².